The molecular weight excluding hydrogens is 351 g/mol. The van der Waals surface area contributed by atoms with Gasteiger partial charge in [0.05, 0.1) is 12.2 Å². The molecule has 6 heteroatoms. The number of rotatable bonds is 4. The van der Waals surface area contributed by atoms with Crippen molar-refractivity contribution in [3.63, 3.8) is 0 Å². The first-order valence-corrected chi connectivity index (χ1v) is 7.49. The molecule has 0 bridgehead atoms. The highest BCUT2D eigenvalue weighted by Gasteiger charge is 2.15. The summed E-state index contributed by atoms with van der Waals surface area (Å²) in [5, 5.41) is 3.99. The second-order valence-corrected chi connectivity index (χ2v) is 5.42. The topological polar surface area (TPSA) is 48.2 Å². The summed E-state index contributed by atoms with van der Waals surface area (Å²) in [4.78, 5) is 4.36. The van der Waals surface area contributed by atoms with Crippen LogP contribution in [-0.4, -0.2) is 16.7 Å². The zero-order chi connectivity index (χ0) is 15.5. The Labute approximate surface area is 135 Å². The van der Waals surface area contributed by atoms with Gasteiger partial charge < -0.3 is 9.26 Å². The van der Waals surface area contributed by atoms with Gasteiger partial charge in [0.25, 0.3) is 5.89 Å². The van der Waals surface area contributed by atoms with E-state index in [-0.39, 0.29) is 5.82 Å². The molecule has 0 radical (unpaired) electrons. The summed E-state index contributed by atoms with van der Waals surface area (Å²) >= 11 is 3.42. The molecule has 0 fully saturated rings. The first kappa shape index (κ1) is 14.7. The maximum atomic E-state index is 13.0. The van der Waals surface area contributed by atoms with E-state index in [1.165, 1.54) is 12.1 Å². The lowest BCUT2D eigenvalue weighted by Gasteiger charge is -2.07. The van der Waals surface area contributed by atoms with Crippen LogP contribution in [-0.2, 0) is 0 Å². The van der Waals surface area contributed by atoms with Gasteiger partial charge in [-0.05, 0) is 49.4 Å². The first-order valence-electron chi connectivity index (χ1n) is 6.69. The summed E-state index contributed by atoms with van der Waals surface area (Å²) in [6, 6.07) is 11.5. The molecule has 0 aliphatic heterocycles. The molecule has 112 valence electrons. The molecule has 22 heavy (non-hydrogen) atoms. The van der Waals surface area contributed by atoms with Crippen molar-refractivity contribution in [3.05, 3.63) is 52.8 Å². The van der Waals surface area contributed by atoms with Crippen molar-refractivity contribution in [1.29, 1.82) is 0 Å². The minimum atomic E-state index is -0.311. The Hall–Kier alpha value is -2.21. The smallest absolute Gasteiger partial charge is 0.258 e. The van der Waals surface area contributed by atoms with Gasteiger partial charge in [0.2, 0.25) is 5.82 Å². The molecule has 0 saturated heterocycles. The Morgan fingerprint density at radius 3 is 2.68 bits per heavy atom. The number of aromatic nitrogens is 2. The molecule has 2 aromatic carbocycles. The highest BCUT2D eigenvalue weighted by molar-refractivity contribution is 9.10. The Morgan fingerprint density at radius 2 is 1.95 bits per heavy atom. The van der Waals surface area contributed by atoms with Crippen LogP contribution in [0.2, 0.25) is 0 Å². The maximum absolute atomic E-state index is 13.0. The van der Waals surface area contributed by atoms with Gasteiger partial charge in [-0.15, -0.1) is 0 Å². The molecule has 0 amide bonds. The van der Waals surface area contributed by atoms with Gasteiger partial charge in [0.1, 0.15) is 11.6 Å². The van der Waals surface area contributed by atoms with E-state index in [4.69, 9.17) is 9.26 Å². The van der Waals surface area contributed by atoms with Crippen molar-refractivity contribution in [2.75, 3.05) is 6.61 Å². The van der Waals surface area contributed by atoms with Crippen molar-refractivity contribution < 1.29 is 13.7 Å². The average Bonchev–Trinajstić information content (AvgIpc) is 3.00. The zero-order valence-corrected chi connectivity index (χ0v) is 13.3. The van der Waals surface area contributed by atoms with Gasteiger partial charge in [-0.3, -0.25) is 0 Å². The fraction of sp³-hybridized carbons (Fsp3) is 0.125. The van der Waals surface area contributed by atoms with E-state index in [0.29, 0.717) is 29.6 Å². The fourth-order valence-corrected chi connectivity index (χ4v) is 2.36. The van der Waals surface area contributed by atoms with Crippen LogP contribution in [0.5, 0.6) is 5.75 Å². The molecule has 0 aliphatic rings. The second-order valence-electron chi connectivity index (χ2n) is 4.50. The van der Waals surface area contributed by atoms with Crippen LogP contribution in [0.15, 0.2) is 51.5 Å². The highest BCUT2D eigenvalue weighted by atomic mass is 79.9. The van der Waals surface area contributed by atoms with Crippen LogP contribution in [0.25, 0.3) is 22.8 Å². The SMILES string of the molecule is CCOc1ccc(Br)cc1-c1noc(-c2ccc(F)cc2)n1. The van der Waals surface area contributed by atoms with Crippen LogP contribution in [0, 0.1) is 5.82 Å². The molecular formula is C16H12BrFN2O2. The number of benzene rings is 2. The molecule has 4 nitrogen and oxygen atoms in total. The van der Waals surface area contributed by atoms with E-state index in [1.807, 2.05) is 25.1 Å². The Bertz CT molecular complexity index is 787. The maximum Gasteiger partial charge on any atom is 0.258 e. The van der Waals surface area contributed by atoms with Crippen LogP contribution in [0.4, 0.5) is 4.39 Å². The summed E-state index contributed by atoms with van der Waals surface area (Å²) in [6.45, 7) is 2.45. The summed E-state index contributed by atoms with van der Waals surface area (Å²) in [7, 11) is 0. The second kappa shape index (κ2) is 6.27. The Balaban J connectivity index is 2.00. The highest BCUT2D eigenvalue weighted by Crippen LogP contribution is 2.32. The van der Waals surface area contributed by atoms with Crippen LogP contribution in [0.3, 0.4) is 0 Å². The van der Waals surface area contributed by atoms with Crippen molar-refractivity contribution in [2.24, 2.45) is 0 Å². The largest absolute Gasteiger partial charge is 0.493 e. The number of hydrogen-bond acceptors (Lipinski definition) is 4. The third-order valence-electron chi connectivity index (χ3n) is 3.00. The Kier molecular flexibility index (Phi) is 4.20. The van der Waals surface area contributed by atoms with Crippen molar-refractivity contribution in [1.82, 2.24) is 10.1 Å². The normalized spacial score (nSPS) is 10.7. The molecule has 0 aliphatic carbocycles. The molecule has 0 N–H and O–H groups in total. The molecule has 1 heterocycles. The number of hydrogen-bond donors (Lipinski definition) is 0. The lowest BCUT2D eigenvalue weighted by molar-refractivity contribution is 0.341. The summed E-state index contributed by atoms with van der Waals surface area (Å²) < 4.78 is 24.7. The van der Waals surface area contributed by atoms with Gasteiger partial charge >= 0.3 is 0 Å². The number of nitrogens with zero attached hydrogens (tertiary/aromatic N) is 2. The molecule has 0 unspecified atom stereocenters. The van der Waals surface area contributed by atoms with Gasteiger partial charge in [-0.2, -0.15) is 4.98 Å². The summed E-state index contributed by atoms with van der Waals surface area (Å²) in [5.74, 6) is 1.12. The quantitative estimate of drug-likeness (QED) is 0.674. The van der Waals surface area contributed by atoms with E-state index >= 15 is 0 Å². The first-order chi connectivity index (χ1) is 10.7. The molecule has 0 saturated carbocycles. The van der Waals surface area contributed by atoms with Gasteiger partial charge in [-0.25, -0.2) is 4.39 Å². The number of ether oxygens (including phenoxy) is 1. The van der Waals surface area contributed by atoms with E-state index in [2.05, 4.69) is 26.1 Å². The van der Waals surface area contributed by atoms with Crippen molar-refractivity contribution in [2.45, 2.75) is 6.92 Å². The average molecular weight is 363 g/mol. The van der Waals surface area contributed by atoms with Crippen molar-refractivity contribution in [3.8, 4) is 28.6 Å². The van der Waals surface area contributed by atoms with Gasteiger partial charge in [0.15, 0.2) is 0 Å². The number of halogens is 2. The van der Waals surface area contributed by atoms with E-state index in [9.17, 15) is 4.39 Å². The van der Waals surface area contributed by atoms with E-state index in [0.717, 1.165) is 10.0 Å². The van der Waals surface area contributed by atoms with E-state index in [1.54, 1.807) is 12.1 Å². The summed E-state index contributed by atoms with van der Waals surface area (Å²) in [6.07, 6.45) is 0. The monoisotopic (exact) mass is 362 g/mol. The predicted octanol–water partition coefficient (Wildman–Crippen LogP) is 4.70. The van der Waals surface area contributed by atoms with Gasteiger partial charge in [-0.1, -0.05) is 21.1 Å². The van der Waals surface area contributed by atoms with Crippen LogP contribution in [0.1, 0.15) is 6.92 Å². The third kappa shape index (κ3) is 3.01. The predicted molar refractivity (Wildman–Crippen MR) is 84.0 cm³/mol. The lowest BCUT2D eigenvalue weighted by Crippen LogP contribution is -1.95. The molecule has 0 spiro atoms. The molecule has 3 rings (SSSR count). The fourth-order valence-electron chi connectivity index (χ4n) is 2.00. The minimum absolute atomic E-state index is 0.311. The molecule has 3 aromatic rings. The minimum Gasteiger partial charge on any atom is -0.493 e. The van der Waals surface area contributed by atoms with Crippen LogP contribution >= 0.6 is 15.9 Å². The molecule has 1 aromatic heterocycles. The Morgan fingerprint density at radius 1 is 1.18 bits per heavy atom. The van der Waals surface area contributed by atoms with Crippen molar-refractivity contribution >= 4 is 15.9 Å². The van der Waals surface area contributed by atoms with E-state index < -0.39 is 0 Å². The standard InChI is InChI=1S/C16H12BrFN2O2/c1-2-21-14-8-5-11(17)9-13(14)15-19-16(22-20-15)10-3-6-12(18)7-4-10/h3-9H,2H2,1H3. The summed E-state index contributed by atoms with van der Waals surface area (Å²) in [5.41, 5.74) is 1.39. The van der Waals surface area contributed by atoms with Gasteiger partial charge in [0, 0.05) is 10.0 Å². The zero-order valence-electron chi connectivity index (χ0n) is 11.7. The third-order valence-corrected chi connectivity index (χ3v) is 3.49. The van der Waals surface area contributed by atoms with Crippen LogP contribution < -0.4 is 4.74 Å². The lowest BCUT2D eigenvalue weighted by atomic mass is 10.2. The molecule has 0 atom stereocenters.